The first-order valence-electron chi connectivity index (χ1n) is 5.93. The summed E-state index contributed by atoms with van der Waals surface area (Å²) in [6.07, 6.45) is 1.15. The van der Waals surface area contributed by atoms with Crippen LogP contribution in [0.1, 0.15) is 41.0 Å². The van der Waals surface area contributed by atoms with E-state index >= 15 is 0 Å². The Labute approximate surface area is 93.9 Å². The first-order valence-corrected chi connectivity index (χ1v) is 5.93. The fourth-order valence-corrected chi connectivity index (χ4v) is 2.39. The lowest BCUT2D eigenvalue weighted by Gasteiger charge is -2.27. The standard InChI is InChI=1S/C13H24N2/c1-7-12-11(6)14-9(4)10(5)15-13(12)8(2)3/h9,11-14H,2,7H2,1,3-6H3. The molecule has 4 unspecified atom stereocenters. The van der Waals surface area contributed by atoms with Gasteiger partial charge in [-0.05, 0) is 40.0 Å². The molecular weight excluding hydrogens is 184 g/mol. The van der Waals surface area contributed by atoms with Crippen LogP contribution in [0.15, 0.2) is 17.1 Å². The molecule has 0 bridgehead atoms. The van der Waals surface area contributed by atoms with E-state index in [-0.39, 0.29) is 0 Å². The van der Waals surface area contributed by atoms with E-state index in [4.69, 9.17) is 4.99 Å². The van der Waals surface area contributed by atoms with Crippen molar-refractivity contribution in [2.45, 2.75) is 59.2 Å². The van der Waals surface area contributed by atoms with Crippen molar-refractivity contribution in [3.8, 4) is 0 Å². The van der Waals surface area contributed by atoms with Crippen molar-refractivity contribution in [1.29, 1.82) is 0 Å². The predicted molar refractivity (Wildman–Crippen MR) is 67.6 cm³/mol. The minimum atomic E-state index is 0.294. The Morgan fingerprint density at radius 3 is 2.53 bits per heavy atom. The molecule has 0 aromatic carbocycles. The molecule has 15 heavy (non-hydrogen) atoms. The number of nitrogens with one attached hydrogen (secondary N) is 1. The van der Waals surface area contributed by atoms with Crippen molar-refractivity contribution in [3.63, 3.8) is 0 Å². The highest BCUT2D eigenvalue weighted by molar-refractivity contribution is 5.87. The number of hydrogen-bond acceptors (Lipinski definition) is 2. The Hall–Kier alpha value is -0.630. The molecule has 2 heteroatoms. The van der Waals surface area contributed by atoms with Crippen molar-refractivity contribution in [2.24, 2.45) is 10.9 Å². The summed E-state index contributed by atoms with van der Waals surface area (Å²) < 4.78 is 0. The van der Waals surface area contributed by atoms with E-state index in [1.54, 1.807) is 0 Å². The van der Waals surface area contributed by atoms with Gasteiger partial charge in [0.2, 0.25) is 0 Å². The zero-order valence-electron chi connectivity index (χ0n) is 10.7. The smallest absolute Gasteiger partial charge is 0.0746 e. The monoisotopic (exact) mass is 208 g/mol. The molecule has 1 aliphatic heterocycles. The molecule has 0 aliphatic carbocycles. The molecule has 1 heterocycles. The van der Waals surface area contributed by atoms with Crippen LogP contribution in [-0.2, 0) is 0 Å². The zero-order valence-corrected chi connectivity index (χ0v) is 10.7. The van der Waals surface area contributed by atoms with Gasteiger partial charge in [-0.25, -0.2) is 0 Å². The molecule has 0 aromatic rings. The Morgan fingerprint density at radius 1 is 1.47 bits per heavy atom. The molecule has 0 saturated heterocycles. The normalized spacial score (nSPS) is 37.0. The minimum Gasteiger partial charge on any atom is -0.306 e. The third kappa shape index (κ3) is 2.69. The lowest BCUT2D eigenvalue weighted by molar-refractivity contribution is 0.338. The van der Waals surface area contributed by atoms with E-state index in [2.05, 4.69) is 46.5 Å². The Kier molecular flexibility index (Phi) is 4.09. The Bertz CT molecular complexity index is 268. The molecule has 0 radical (unpaired) electrons. The minimum absolute atomic E-state index is 0.294. The van der Waals surface area contributed by atoms with Gasteiger partial charge in [0.1, 0.15) is 0 Å². The molecule has 0 aromatic heterocycles. The van der Waals surface area contributed by atoms with Crippen LogP contribution in [-0.4, -0.2) is 23.8 Å². The van der Waals surface area contributed by atoms with Crippen molar-refractivity contribution in [1.82, 2.24) is 5.32 Å². The molecule has 0 amide bonds. The lowest BCUT2D eigenvalue weighted by Crippen LogP contribution is -2.42. The van der Waals surface area contributed by atoms with E-state index in [1.165, 1.54) is 11.3 Å². The van der Waals surface area contributed by atoms with Gasteiger partial charge in [-0.3, -0.25) is 4.99 Å². The summed E-state index contributed by atoms with van der Waals surface area (Å²) >= 11 is 0. The summed E-state index contributed by atoms with van der Waals surface area (Å²) in [4.78, 5) is 4.81. The van der Waals surface area contributed by atoms with Crippen molar-refractivity contribution < 1.29 is 0 Å². The van der Waals surface area contributed by atoms with Crippen molar-refractivity contribution >= 4 is 5.71 Å². The second kappa shape index (κ2) is 4.93. The van der Waals surface area contributed by atoms with E-state index < -0.39 is 0 Å². The summed E-state index contributed by atoms with van der Waals surface area (Å²) in [7, 11) is 0. The number of nitrogens with zero attached hydrogens (tertiary/aromatic N) is 1. The van der Waals surface area contributed by atoms with Gasteiger partial charge in [0, 0.05) is 17.8 Å². The maximum Gasteiger partial charge on any atom is 0.0746 e. The highest BCUT2D eigenvalue weighted by Crippen LogP contribution is 2.25. The number of aliphatic imine (C=N–C) groups is 1. The van der Waals surface area contributed by atoms with E-state index in [0.29, 0.717) is 24.0 Å². The first kappa shape index (κ1) is 12.4. The van der Waals surface area contributed by atoms with Crippen LogP contribution in [0.2, 0.25) is 0 Å². The van der Waals surface area contributed by atoms with E-state index in [1.807, 2.05) is 0 Å². The molecule has 1 N–H and O–H groups in total. The number of hydrogen-bond donors (Lipinski definition) is 1. The molecule has 0 spiro atoms. The van der Waals surface area contributed by atoms with Crippen LogP contribution < -0.4 is 5.32 Å². The SMILES string of the molecule is C=C(C)C1N=C(C)C(C)NC(C)C1CC. The zero-order chi connectivity index (χ0) is 11.6. The summed E-state index contributed by atoms with van der Waals surface area (Å²) in [5.74, 6) is 0.572. The van der Waals surface area contributed by atoms with Gasteiger partial charge in [-0.2, -0.15) is 0 Å². The molecular formula is C13H24N2. The third-order valence-corrected chi connectivity index (χ3v) is 3.51. The second-order valence-electron chi connectivity index (χ2n) is 4.81. The maximum atomic E-state index is 4.81. The third-order valence-electron chi connectivity index (χ3n) is 3.51. The Morgan fingerprint density at radius 2 is 2.07 bits per heavy atom. The van der Waals surface area contributed by atoms with Gasteiger partial charge < -0.3 is 5.32 Å². The molecule has 4 atom stereocenters. The van der Waals surface area contributed by atoms with Crippen LogP contribution in [0.3, 0.4) is 0 Å². The van der Waals surface area contributed by atoms with Crippen LogP contribution in [0.25, 0.3) is 0 Å². The predicted octanol–water partition coefficient (Wildman–Crippen LogP) is 2.80. The maximum absolute atomic E-state index is 4.81. The van der Waals surface area contributed by atoms with Gasteiger partial charge in [0.25, 0.3) is 0 Å². The lowest BCUT2D eigenvalue weighted by atomic mass is 9.87. The van der Waals surface area contributed by atoms with Gasteiger partial charge in [0.15, 0.2) is 0 Å². The van der Waals surface area contributed by atoms with E-state index in [0.717, 1.165) is 6.42 Å². The van der Waals surface area contributed by atoms with Crippen LogP contribution in [0, 0.1) is 5.92 Å². The summed E-state index contributed by atoms with van der Waals surface area (Å²) in [5, 5.41) is 3.61. The largest absolute Gasteiger partial charge is 0.306 e. The molecule has 0 fully saturated rings. The molecule has 1 rings (SSSR count). The van der Waals surface area contributed by atoms with Crippen LogP contribution in [0.4, 0.5) is 0 Å². The van der Waals surface area contributed by atoms with Gasteiger partial charge in [-0.15, -0.1) is 0 Å². The fourth-order valence-electron chi connectivity index (χ4n) is 2.39. The summed E-state index contributed by atoms with van der Waals surface area (Å²) in [6.45, 7) is 15.0. The molecule has 1 aliphatic rings. The Balaban J connectivity index is 3.00. The molecule has 0 saturated carbocycles. The van der Waals surface area contributed by atoms with Crippen molar-refractivity contribution in [2.75, 3.05) is 0 Å². The molecule has 2 nitrogen and oxygen atoms in total. The van der Waals surface area contributed by atoms with Crippen LogP contribution in [0.5, 0.6) is 0 Å². The van der Waals surface area contributed by atoms with Crippen molar-refractivity contribution in [3.05, 3.63) is 12.2 Å². The average Bonchev–Trinajstić information content (AvgIpc) is 2.25. The van der Waals surface area contributed by atoms with Gasteiger partial charge in [0.05, 0.1) is 6.04 Å². The first-order chi connectivity index (χ1) is 6.97. The van der Waals surface area contributed by atoms with Crippen LogP contribution >= 0.6 is 0 Å². The quantitative estimate of drug-likeness (QED) is 0.693. The highest BCUT2D eigenvalue weighted by Gasteiger charge is 2.29. The fraction of sp³-hybridized carbons (Fsp3) is 0.769. The number of rotatable bonds is 2. The topological polar surface area (TPSA) is 24.4 Å². The average molecular weight is 208 g/mol. The van der Waals surface area contributed by atoms with E-state index in [9.17, 15) is 0 Å². The van der Waals surface area contributed by atoms with Gasteiger partial charge >= 0.3 is 0 Å². The molecule has 86 valence electrons. The summed E-state index contributed by atoms with van der Waals surface area (Å²) in [5.41, 5.74) is 2.38. The second-order valence-corrected chi connectivity index (χ2v) is 4.81. The summed E-state index contributed by atoms with van der Waals surface area (Å²) in [6, 6.07) is 1.19. The van der Waals surface area contributed by atoms with Gasteiger partial charge in [-0.1, -0.05) is 19.1 Å². The highest BCUT2D eigenvalue weighted by atomic mass is 15.0.